The second-order valence-corrected chi connectivity index (χ2v) is 9.39. The van der Waals surface area contributed by atoms with Crippen LogP contribution in [0.15, 0.2) is 0 Å². The van der Waals surface area contributed by atoms with Crippen LogP contribution in [0.3, 0.4) is 0 Å². The summed E-state index contributed by atoms with van der Waals surface area (Å²) < 4.78 is 0. The molecule has 0 aliphatic carbocycles. The molecule has 6 heteroatoms. The van der Waals surface area contributed by atoms with E-state index in [0.717, 1.165) is 0 Å². The van der Waals surface area contributed by atoms with E-state index in [2.05, 4.69) is 13.8 Å². The molecule has 164 valence electrons. The van der Waals surface area contributed by atoms with Crippen LogP contribution in [0.1, 0.15) is 104 Å². The Morgan fingerprint density at radius 2 is 0.464 bits per heavy atom. The lowest BCUT2D eigenvalue weighted by molar-refractivity contribution is 0.538. The van der Waals surface area contributed by atoms with Crippen molar-refractivity contribution in [3.05, 3.63) is 30.1 Å². The average molecular weight is 511 g/mol. The molecule has 0 atom stereocenters. The minimum absolute atomic E-state index is 0.109. The Balaban J connectivity index is 0.000000540. The third-order valence-electron chi connectivity index (χ3n) is 4.61. The lowest BCUT2D eigenvalue weighted by Gasteiger charge is -2.06. The van der Waals surface area contributed by atoms with Crippen molar-refractivity contribution in [2.24, 2.45) is 0 Å². The molecule has 1 rings (SSSR count). The smallest absolute Gasteiger partial charge is 0.0810 e. The summed E-state index contributed by atoms with van der Waals surface area (Å²) in [6.45, 7) is 4.58. The first kappa shape index (κ1) is 29.0. The Bertz CT molecular complexity index is 411. The molecule has 0 unspecified atom stereocenters. The first-order chi connectivity index (χ1) is 13.4. The van der Waals surface area contributed by atoms with Gasteiger partial charge in [-0.15, -0.1) is 0 Å². The van der Waals surface area contributed by atoms with E-state index in [4.69, 9.17) is 69.6 Å². The third kappa shape index (κ3) is 12.6. The highest BCUT2D eigenvalue weighted by molar-refractivity contribution is 6.59. The number of halogens is 6. The largest absolute Gasteiger partial charge is 0.0810 e. The van der Waals surface area contributed by atoms with Crippen molar-refractivity contribution in [2.45, 2.75) is 104 Å². The fraction of sp³-hybridized carbons (Fsp3) is 0.727. The highest BCUT2D eigenvalue weighted by Gasteiger charge is 2.17. The van der Waals surface area contributed by atoms with Crippen LogP contribution in [0.2, 0.25) is 30.1 Å². The topological polar surface area (TPSA) is 0 Å². The summed E-state index contributed by atoms with van der Waals surface area (Å²) in [5.41, 5.74) is 0. The zero-order chi connectivity index (χ0) is 21.4. The van der Waals surface area contributed by atoms with E-state index >= 15 is 0 Å². The fourth-order valence-electron chi connectivity index (χ4n) is 2.85. The van der Waals surface area contributed by atoms with E-state index in [1.165, 1.54) is 89.9 Å². The van der Waals surface area contributed by atoms with E-state index < -0.39 is 0 Å². The number of hydrogen-bond acceptors (Lipinski definition) is 0. The molecule has 0 heterocycles. The van der Waals surface area contributed by atoms with Crippen molar-refractivity contribution >= 4 is 69.6 Å². The van der Waals surface area contributed by atoms with Crippen molar-refractivity contribution in [1.82, 2.24) is 0 Å². The Labute approximate surface area is 202 Å². The maximum atomic E-state index is 5.67. The predicted molar refractivity (Wildman–Crippen MR) is 132 cm³/mol. The molecule has 0 aromatic heterocycles. The summed E-state index contributed by atoms with van der Waals surface area (Å²) in [5, 5.41) is 0.654. The van der Waals surface area contributed by atoms with E-state index in [0.29, 0.717) is 0 Å². The highest BCUT2D eigenvalue weighted by Crippen LogP contribution is 2.46. The summed E-state index contributed by atoms with van der Waals surface area (Å²) in [6, 6.07) is 0. The number of hydrogen-bond donors (Lipinski definition) is 0. The second kappa shape index (κ2) is 18.7. The standard InChI is InChI=1S/C16H34.C6Cl6/c1-3-5-7-9-11-13-15-16-14-12-10-8-6-4-2;7-1-2(8)4(10)6(12)5(11)3(1)9/h3-16H2,1-2H3;. The molecule has 0 aliphatic rings. The lowest BCUT2D eigenvalue weighted by atomic mass is 10.0. The average Bonchev–Trinajstić information content (AvgIpc) is 2.70. The molecule has 0 spiro atoms. The summed E-state index contributed by atoms with van der Waals surface area (Å²) in [7, 11) is 0. The van der Waals surface area contributed by atoms with Gasteiger partial charge in [0.2, 0.25) is 0 Å². The minimum Gasteiger partial charge on any atom is -0.0810 e. The van der Waals surface area contributed by atoms with E-state index in [1.54, 1.807) is 0 Å². The van der Waals surface area contributed by atoms with Gasteiger partial charge in [0.1, 0.15) is 0 Å². The Kier molecular flexibility index (Phi) is 19.3. The van der Waals surface area contributed by atoms with Gasteiger partial charge in [-0.3, -0.25) is 0 Å². The first-order valence-electron chi connectivity index (χ1n) is 10.5. The number of benzene rings is 1. The van der Waals surface area contributed by atoms with Gasteiger partial charge in [0.05, 0.1) is 30.1 Å². The maximum Gasteiger partial charge on any atom is 0.0810 e. The molecule has 0 N–H and O–H groups in total. The minimum atomic E-state index is 0.109. The van der Waals surface area contributed by atoms with Gasteiger partial charge >= 0.3 is 0 Å². The molecule has 0 nitrogen and oxygen atoms in total. The van der Waals surface area contributed by atoms with Gasteiger partial charge < -0.3 is 0 Å². The first-order valence-corrected chi connectivity index (χ1v) is 12.8. The van der Waals surface area contributed by atoms with Crippen molar-refractivity contribution in [3.8, 4) is 0 Å². The molecule has 0 saturated carbocycles. The van der Waals surface area contributed by atoms with E-state index in [-0.39, 0.29) is 30.1 Å². The molecule has 0 amide bonds. The van der Waals surface area contributed by atoms with Crippen molar-refractivity contribution in [3.63, 3.8) is 0 Å². The zero-order valence-corrected chi connectivity index (χ0v) is 21.7. The molecule has 0 saturated heterocycles. The molecule has 1 aromatic carbocycles. The van der Waals surface area contributed by atoms with Gasteiger partial charge in [0, 0.05) is 0 Å². The van der Waals surface area contributed by atoms with Gasteiger partial charge in [0.15, 0.2) is 0 Å². The maximum absolute atomic E-state index is 5.67. The second-order valence-electron chi connectivity index (χ2n) is 7.13. The molecule has 0 radical (unpaired) electrons. The van der Waals surface area contributed by atoms with Gasteiger partial charge in [-0.25, -0.2) is 0 Å². The Hall–Kier alpha value is 0.960. The number of rotatable bonds is 13. The summed E-state index contributed by atoms with van der Waals surface area (Å²) in [5.74, 6) is 0. The van der Waals surface area contributed by atoms with Crippen LogP contribution >= 0.6 is 69.6 Å². The molecule has 1 aromatic rings. The fourth-order valence-corrected chi connectivity index (χ4v) is 4.27. The van der Waals surface area contributed by atoms with Crippen LogP contribution in [-0.2, 0) is 0 Å². The van der Waals surface area contributed by atoms with Crippen molar-refractivity contribution in [2.75, 3.05) is 0 Å². The quantitative estimate of drug-likeness (QED) is 0.140. The van der Waals surface area contributed by atoms with Gasteiger partial charge in [-0.05, 0) is 0 Å². The summed E-state index contributed by atoms with van der Waals surface area (Å²) in [6.07, 6.45) is 20.4. The molecule has 0 aliphatic heterocycles. The summed E-state index contributed by atoms with van der Waals surface area (Å²) >= 11 is 34.0. The highest BCUT2D eigenvalue weighted by atomic mass is 35.5. The predicted octanol–water partition coefficient (Wildman–Crippen LogP) is 12.1. The SMILES string of the molecule is CCCCCCCCCCCCCCCC.Clc1c(Cl)c(Cl)c(Cl)c(Cl)c1Cl. The molecule has 28 heavy (non-hydrogen) atoms. The van der Waals surface area contributed by atoms with E-state index in [1.807, 2.05) is 0 Å². The number of unbranched alkanes of at least 4 members (excludes halogenated alkanes) is 13. The monoisotopic (exact) mass is 508 g/mol. The molecule has 0 fully saturated rings. The van der Waals surface area contributed by atoms with Crippen molar-refractivity contribution < 1.29 is 0 Å². The van der Waals surface area contributed by atoms with Gasteiger partial charge in [0.25, 0.3) is 0 Å². The molecular weight excluding hydrogens is 477 g/mol. The van der Waals surface area contributed by atoms with Crippen LogP contribution < -0.4 is 0 Å². The van der Waals surface area contributed by atoms with Crippen molar-refractivity contribution in [1.29, 1.82) is 0 Å². The molecular formula is C22H34Cl6. The van der Waals surface area contributed by atoms with Crippen LogP contribution in [0.25, 0.3) is 0 Å². The van der Waals surface area contributed by atoms with Gasteiger partial charge in [-0.1, -0.05) is 173 Å². The normalized spacial score (nSPS) is 10.7. The van der Waals surface area contributed by atoms with E-state index in [9.17, 15) is 0 Å². The summed E-state index contributed by atoms with van der Waals surface area (Å²) in [4.78, 5) is 0. The van der Waals surface area contributed by atoms with Crippen LogP contribution in [-0.4, -0.2) is 0 Å². The zero-order valence-electron chi connectivity index (χ0n) is 17.2. The molecule has 0 bridgehead atoms. The van der Waals surface area contributed by atoms with Crippen LogP contribution in [0, 0.1) is 0 Å². The Morgan fingerprint density at radius 1 is 0.321 bits per heavy atom. The Morgan fingerprint density at radius 3 is 0.607 bits per heavy atom. The van der Waals surface area contributed by atoms with Gasteiger partial charge in [-0.2, -0.15) is 0 Å². The van der Waals surface area contributed by atoms with Crippen LogP contribution in [0.5, 0.6) is 0 Å². The van der Waals surface area contributed by atoms with Crippen LogP contribution in [0.4, 0.5) is 0 Å². The third-order valence-corrected chi connectivity index (χ3v) is 7.46. The lowest BCUT2D eigenvalue weighted by Crippen LogP contribution is -1.82.